The fourth-order valence-electron chi connectivity index (χ4n) is 2.99. The SMILES string of the molecule is O=C(CCCc1ccccc1)Nc1cccc(N2CCCC2=O)c1. The van der Waals surface area contributed by atoms with Crippen molar-refractivity contribution >= 4 is 23.2 Å². The molecule has 1 saturated heterocycles. The van der Waals surface area contributed by atoms with Gasteiger partial charge in [0, 0.05) is 30.8 Å². The summed E-state index contributed by atoms with van der Waals surface area (Å²) >= 11 is 0. The largest absolute Gasteiger partial charge is 0.326 e. The zero-order valence-electron chi connectivity index (χ0n) is 13.7. The van der Waals surface area contributed by atoms with E-state index in [-0.39, 0.29) is 11.8 Å². The molecule has 1 aliphatic rings. The van der Waals surface area contributed by atoms with E-state index in [9.17, 15) is 9.59 Å². The Balaban J connectivity index is 1.52. The van der Waals surface area contributed by atoms with Crippen LogP contribution in [-0.4, -0.2) is 18.4 Å². The predicted octanol–water partition coefficient (Wildman–Crippen LogP) is 3.77. The second-order valence-corrected chi connectivity index (χ2v) is 6.09. The number of amides is 2. The topological polar surface area (TPSA) is 49.4 Å². The third-order valence-corrected chi connectivity index (χ3v) is 4.23. The zero-order valence-corrected chi connectivity index (χ0v) is 13.7. The van der Waals surface area contributed by atoms with Crippen LogP contribution in [-0.2, 0) is 16.0 Å². The van der Waals surface area contributed by atoms with Gasteiger partial charge in [-0.1, -0.05) is 36.4 Å². The Morgan fingerprint density at radius 2 is 1.92 bits per heavy atom. The molecule has 4 heteroatoms. The van der Waals surface area contributed by atoms with Gasteiger partial charge in [-0.05, 0) is 43.0 Å². The monoisotopic (exact) mass is 322 g/mol. The number of hydrogen-bond acceptors (Lipinski definition) is 2. The van der Waals surface area contributed by atoms with Crippen LogP contribution in [0.4, 0.5) is 11.4 Å². The Bertz CT molecular complexity index is 713. The summed E-state index contributed by atoms with van der Waals surface area (Å²) in [6.45, 7) is 0.757. The molecule has 2 amide bonds. The van der Waals surface area contributed by atoms with E-state index < -0.39 is 0 Å². The molecule has 0 saturated carbocycles. The first-order chi connectivity index (χ1) is 11.7. The van der Waals surface area contributed by atoms with E-state index in [0.717, 1.165) is 37.2 Å². The molecule has 124 valence electrons. The molecule has 0 aliphatic carbocycles. The smallest absolute Gasteiger partial charge is 0.227 e. The molecule has 0 bridgehead atoms. The molecular weight excluding hydrogens is 300 g/mol. The summed E-state index contributed by atoms with van der Waals surface area (Å²) in [6.07, 6.45) is 3.71. The fourth-order valence-corrected chi connectivity index (χ4v) is 2.99. The van der Waals surface area contributed by atoms with Crippen LogP contribution in [0.1, 0.15) is 31.2 Å². The molecular formula is C20H22N2O2. The molecule has 24 heavy (non-hydrogen) atoms. The first-order valence-corrected chi connectivity index (χ1v) is 8.46. The average molecular weight is 322 g/mol. The summed E-state index contributed by atoms with van der Waals surface area (Å²) in [4.78, 5) is 25.7. The number of nitrogens with one attached hydrogen (secondary N) is 1. The summed E-state index contributed by atoms with van der Waals surface area (Å²) in [5, 5.41) is 2.93. The summed E-state index contributed by atoms with van der Waals surface area (Å²) < 4.78 is 0. The first-order valence-electron chi connectivity index (χ1n) is 8.46. The first kappa shape index (κ1) is 16.2. The molecule has 0 atom stereocenters. The average Bonchev–Trinajstić information content (AvgIpc) is 3.02. The van der Waals surface area contributed by atoms with Crippen LogP contribution in [0.2, 0.25) is 0 Å². The number of hydrogen-bond donors (Lipinski definition) is 1. The zero-order chi connectivity index (χ0) is 16.8. The van der Waals surface area contributed by atoms with Crippen LogP contribution in [0, 0.1) is 0 Å². The number of carbonyl (C=O) groups is 2. The second-order valence-electron chi connectivity index (χ2n) is 6.09. The Morgan fingerprint density at radius 3 is 2.67 bits per heavy atom. The van der Waals surface area contributed by atoms with Crippen molar-refractivity contribution < 1.29 is 9.59 Å². The maximum Gasteiger partial charge on any atom is 0.227 e. The van der Waals surface area contributed by atoms with Gasteiger partial charge in [-0.15, -0.1) is 0 Å². The molecule has 0 unspecified atom stereocenters. The summed E-state index contributed by atoms with van der Waals surface area (Å²) in [5.74, 6) is 0.164. The van der Waals surface area contributed by atoms with Crippen molar-refractivity contribution in [3.8, 4) is 0 Å². The highest BCUT2D eigenvalue weighted by Crippen LogP contribution is 2.24. The molecule has 0 aromatic heterocycles. The van der Waals surface area contributed by atoms with E-state index in [1.165, 1.54) is 5.56 Å². The lowest BCUT2D eigenvalue weighted by atomic mass is 10.1. The van der Waals surface area contributed by atoms with Gasteiger partial charge in [0.1, 0.15) is 0 Å². The molecule has 1 N–H and O–H groups in total. The van der Waals surface area contributed by atoms with Gasteiger partial charge in [0.15, 0.2) is 0 Å². The number of carbonyl (C=O) groups excluding carboxylic acids is 2. The van der Waals surface area contributed by atoms with E-state index in [0.29, 0.717) is 12.8 Å². The third-order valence-electron chi connectivity index (χ3n) is 4.23. The van der Waals surface area contributed by atoms with Crippen LogP contribution >= 0.6 is 0 Å². The van der Waals surface area contributed by atoms with Crippen molar-refractivity contribution in [2.75, 3.05) is 16.8 Å². The maximum absolute atomic E-state index is 12.1. The van der Waals surface area contributed by atoms with Crippen LogP contribution in [0.5, 0.6) is 0 Å². The molecule has 1 fully saturated rings. The second kappa shape index (κ2) is 7.77. The molecule has 3 rings (SSSR count). The van der Waals surface area contributed by atoms with Gasteiger partial charge in [-0.25, -0.2) is 0 Å². The minimum absolute atomic E-state index is 0.0100. The molecule has 2 aromatic rings. The van der Waals surface area contributed by atoms with E-state index in [2.05, 4.69) is 17.4 Å². The van der Waals surface area contributed by atoms with E-state index in [1.807, 2.05) is 42.5 Å². The molecule has 0 radical (unpaired) electrons. The highest BCUT2D eigenvalue weighted by Gasteiger charge is 2.21. The van der Waals surface area contributed by atoms with Crippen molar-refractivity contribution in [2.45, 2.75) is 32.1 Å². The van der Waals surface area contributed by atoms with Crippen LogP contribution in [0.25, 0.3) is 0 Å². The molecule has 1 heterocycles. The lowest BCUT2D eigenvalue weighted by Crippen LogP contribution is -2.23. The van der Waals surface area contributed by atoms with Crippen LogP contribution in [0.15, 0.2) is 54.6 Å². The Kier molecular flexibility index (Phi) is 5.26. The number of benzene rings is 2. The normalized spacial score (nSPS) is 14.0. The summed E-state index contributed by atoms with van der Waals surface area (Å²) in [5.41, 5.74) is 2.86. The molecule has 4 nitrogen and oxygen atoms in total. The highest BCUT2D eigenvalue weighted by molar-refractivity contribution is 5.97. The van der Waals surface area contributed by atoms with Gasteiger partial charge < -0.3 is 10.2 Å². The number of rotatable bonds is 6. The van der Waals surface area contributed by atoms with Gasteiger partial charge in [-0.2, -0.15) is 0 Å². The van der Waals surface area contributed by atoms with Crippen molar-refractivity contribution in [1.29, 1.82) is 0 Å². The lowest BCUT2D eigenvalue weighted by Gasteiger charge is -2.16. The predicted molar refractivity (Wildman–Crippen MR) is 96.0 cm³/mol. The van der Waals surface area contributed by atoms with Gasteiger partial charge in [0.25, 0.3) is 0 Å². The number of aryl methyl sites for hydroxylation is 1. The fraction of sp³-hybridized carbons (Fsp3) is 0.300. The highest BCUT2D eigenvalue weighted by atomic mass is 16.2. The van der Waals surface area contributed by atoms with Crippen LogP contribution in [0.3, 0.4) is 0 Å². The van der Waals surface area contributed by atoms with Gasteiger partial charge in [-0.3, -0.25) is 9.59 Å². The van der Waals surface area contributed by atoms with Crippen molar-refractivity contribution in [3.63, 3.8) is 0 Å². The summed E-state index contributed by atoms with van der Waals surface area (Å²) in [7, 11) is 0. The minimum atomic E-state index is 0.0100. The van der Waals surface area contributed by atoms with Crippen molar-refractivity contribution in [3.05, 3.63) is 60.2 Å². The van der Waals surface area contributed by atoms with Crippen molar-refractivity contribution in [1.82, 2.24) is 0 Å². The molecule has 1 aliphatic heterocycles. The van der Waals surface area contributed by atoms with Crippen molar-refractivity contribution in [2.24, 2.45) is 0 Å². The standard InChI is InChI=1S/C20H22N2O2/c23-19(12-4-9-16-7-2-1-3-8-16)21-17-10-5-11-18(15-17)22-14-6-13-20(22)24/h1-3,5,7-8,10-11,15H,4,6,9,12-14H2,(H,21,23). The van der Waals surface area contributed by atoms with Crippen LogP contribution < -0.4 is 10.2 Å². The quantitative estimate of drug-likeness (QED) is 0.880. The number of nitrogens with zero attached hydrogens (tertiary/aromatic N) is 1. The van der Waals surface area contributed by atoms with E-state index in [4.69, 9.17) is 0 Å². The number of anilines is 2. The van der Waals surface area contributed by atoms with Gasteiger partial charge >= 0.3 is 0 Å². The summed E-state index contributed by atoms with van der Waals surface area (Å²) in [6, 6.07) is 17.7. The Hall–Kier alpha value is -2.62. The Labute approximate surface area is 142 Å². The van der Waals surface area contributed by atoms with Gasteiger partial charge in [0.2, 0.25) is 11.8 Å². The third kappa shape index (κ3) is 4.22. The Morgan fingerprint density at radius 1 is 1.08 bits per heavy atom. The van der Waals surface area contributed by atoms with Gasteiger partial charge in [0.05, 0.1) is 0 Å². The minimum Gasteiger partial charge on any atom is -0.326 e. The maximum atomic E-state index is 12.1. The van der Waals surface area contributed by atoms with E-state index >= 15 is 0 Å². The molecule has 0 spiro atoms. The lowest BCUT2D eigenvalue weighted by molar-refractivity contribution is -0.117. The molecule has 2 aromatic carbocycles. The van der Waals surface area contributed by atoms with E-state index in [1.54, 1.807) is 4.90 Å².